The van der Waals surface area contributed by atoms with Crippen LogP contribution >= 0.6 is 11.6 Å². The number of ether oxygens (including phenoxy) is 3. The van der Waals surface area contributed by atoms with Crippen LogP contribution in [0, 0.1) is 0 Å². The van der Waals surface area contributed by atoms with Gasteiger partial charge in [-0.3, -0.25) is 4.79 Å². The fraction of sp³-hybridized carbons (Fsp3) is 0.310. The van der Waals surface area contributed by atoms with Gasteiger partial charge in [0.1, 0.15) is 18.1 Å². The molecule has 0 saturated carbocycles. The molecular formula is C29H30ClNO6. The maximum atomic E-state index is 12.1. The molecule has 1 aliphatic heterocycles. The molecule has 1 amide bonds. The van der Waals surface area contributed by atoms with E-state index in [1.165, 1.54) is 6.92 Å². The van der Waals surface area contributed by atoms with E-state index in [2.05, 4.69) is 5.32 Å². The van der Waals surface area contributed by atoms with E-state index in [4.69, 9.17) is 25.8 Å². The number of aliphatic carboxylic acids is 1. The quantitative estimate of drug-likeness (QED) is 0.364. The molecule has 4 rings (SSSR count). The summed E-state index contributed by atoms with van der Waals surface area (Å²) < 4.78 is 18.2. The molecule has 1 saturated heterocycles. The van der Waals surface area contributed by atoms with Crippen molar-refractivity contribution in [3.63, 3.8) is 0 Å². The van der Waals surface area contributed by atoms with Gasteiger partial charge in [-0.25, -0.2) is 4.79 Å². The SMILES string of the molecule is CC(=O)N[C@]1(C)C[C@@H](c2ccc(Cl)cc2)O[C@@H](c2cc(OCc3ccccc3)ccc2OCC(=O)O)C1. The molecule has 0 aliphatic carbocycles. The first kappa shape index (κ1) is 26.5. The van der Waals surface area contributed by atoms with Gasteiger partial charge in [-0.1, -0.05) is 54.1 Å². The van der Waals surface area contributed by atoms with Crippen LogP contribution in [0.1, 0.15) is 55.6 Å². The van der Waals surface area contributed by atoms with E-state index < -0.39 is 24.2 Å². The van der Waals surface area contributed by atoms with Gasteiger partial charge in [0, 0.05) is 35.9 Å². The van der Waals surface area contributed by atoms with Crippen molar-refractivity contribution in [2.24, 2.45) is 0 Å². The van der Waals surface area contributed by atoms with Crippen molar-refractivity contribution < 1.29 is 28.9 Å². The van der Waals surface area contributed by atoms with E-state index in [0.29, 0.717) is 41.5 Å². The molecule has 7 nitrogen and oxygen atoms in total. The normalized spacial score (nSPS) is 21.2. The van der Waals surface area contributed by atoms with Crippen LogP contribution < -0.4 is 14.8 Å². The predicted molar refractivity (Wildman–Crippen MR) is 140 cm³/mol. The van der Waals surface area contributed by atoms with Crippen molar-refractivity contribution in [1.82, 2.24) is 5.32 Å². The number of rotatable bonds is 9. The second-order valence-corrected chi connectivity index (χ2v) is 9.91. The largest absolute Gasteiger partial charge is 0.489 e. The van der Waals surface area contributed by atoms with Crippen LogP contribution in [-0.4, -0.2) is 29.1 Å². The number of hydrogen-bond acceptors (Lipinski definition) is 5. The number of benzene rings is 3. The van der Waals surface area contributed by atoms with E-state index >= 15 is 0 Å². The van der Waals surface area contributed by atoms with Gasteiger partial charge in [-0.05, 0) is 48.4 Å². The fourth-order valence-corrected chi connectivity index (χ4v) is 4.79. The topological polar surface area (TPSA) is 94.1 Å². The van der Waals surface area contributed by atoms with Gasteiger partial charge in [0.05, 0.1) is 12.2 Å². The summed E-state index contributed by atoms with van der Waals surface area (Å²) in [6.07, 6.45) is 0.173. The summed E-state index contributed by atoms with van der Waals surface area (Å²) >= 11 is 6.10. The zero-order chi connectivity index (χ0) is 26.4. The molecular weight excluding hydrogens is 494 g/mol. The van der Waals surface area contributed by atoms with Gasteiger partial charge < -0.3 is 24.6 Å². The number of hydrogen-bond donors (Lipinski definition) is 2. The average molecular weight is 524 g/mol. The Morgan fingerprint density at radius 3 is 2.41 bits per heavy atom. The number of carbonyl (C=O) groups is 2. The summed E-state index contributed by atoms with van der Waals surface area (Å²) in [5.74, 6) is -0.233. The van der Waals surface area contributed by atoms with Crippen LogP contribution in [0.4, 0.5) is 0 Å². The Hall–Kier alpha value is -3.55. The molecule has 3 aromatic rings. The summed E-state index contributed by atoms with van der Waals surface area (Å²) in [7, 11) is 0. The van der Waals surface area contributed by atoms with Gasteiger partial charge in [0.2, 0.25) is 5.91 Å². The fourth-order valence-electron chi connectivity index (χ4n) is 4.66. The third-order valence-electron chi connectivity index (χ3n) is 6.25. The van der Waals surface area contributed by atoms with Crippen LogP contribution in [0.5, 0.6) is 11.5 Å². The average Bonchev–Trinajstić information content (AvgIpc) is 2.86. The minimum Gasteiger partial charge on any atom is -0.489 e. The van der Waals surface area contributed by atoms with Crippen LogP contribution in [-0.2, 0) is 20.9 Å². The first-order valence-electron chi connectivity index (χ1n) is 12.1. The number of amides is 1. The smallest absolute Gasteiger partial charge is 0.341 e. The van der Waals surface area contributed by atoms with Crippen LogP contribution in [0.2, 0.25) is 5.02 Å². The molecule has 1 heterocycles. The third kappa shape index (κ3) is 7.24. The molecule has 0 bridgehead atoms. The lowest BCUT2D eigenvalue weighted by atomic mass is 9.81. The van der Waals surface area contributed by atoms with E-state index in [-0.39, 0.29) is 12.0 Å². The lowest BCUT2D eigenvalue weighted by molar-refractivity contribution is -0.139. The third-order valence-corrected chi connectivity index (χ3v) is 6.50. The van der Waals surface area contributed by atoms with E-state index in [1.54, 1.807) is 24.3 Å². The molecule has 1 aliphatic rings. The number of carbonyl (C=O) groups excluding carboxylic acids is 1. The van der Waals surface area contributed by atoms with Crippen molar-refractivity contribution in [3.8, 4) is 11.5 Å². The van der Waals surface area contributed by atoms with Crippen molar-refractivity contribution >= 4 is 23.5 Å². The summed E-state index contributed by atoms with van der Waals surface area (Å²) in [4.78, 5) is 23.3. The van der Waals surface area contributed by atoms with Crippen LogP contribution in [0.15, 0.2) is 72.8 Å². The molecule has 194 valence electrons. The van der Waals surface area contributed by atoms with Gasteiger partial charge in [-0.15, -0.1) is 0 Å². The van der Waals surface area contributed by atoms with Crippen molar-refractivity contribution in [2.75, 3.05) is 6.61 Å². The second-order valence-electron chi connectivity index (χ2n) is 9.47. The highest BCUT2D eigenvalue weighted by molar-refractivity contribution is 6.30. The lowest BCUT2D eigenvalue weighted by Crippen LogP contribution is -2.50. The highest BCUT2D eigenvalue weighted by atomic mass is 35.5. The number of carboxylic acids is 1. The minimum absolute atomic E-state index is 0.139. The lowest BCUT2D eigenvalue weighted by Gasteiger charge is -2.43. The Kier molecular flexibility index (Phi) is 8.36. The first-order valence-corrected chi connectivity index (χ1v) is 12.4. The first-order chi connectivity index (χ1) is 17.7. The van der Waals surface area contributed by atoms with E-state index in [1.807, 2.05) is 55.5 Å². The van der Waals surface area contributed by atoms with Crippen molar-refractivity contribution in [3.05, 3.63) is 94.5 Å². The molecule has 3 aromatic carbocycles. The molecule has 8 heteroatoms. The standard InChI is InChI=1S/C29H30ClNO6/c1-19(32)31-29(2)15-26(21-8-10-22(30)11-9-21)37-27(16-29)24-14-23(12-13-25(24)36-18-28(33)34)35-17-20-6-4-3-5-7-20/h3-14,26-27H,15-18H2,1-2H3,(H,31,32)(H,33,34)/t26-,27+,29+/m0/s1. The molecule has 3 atom stereocenters. The zero-order valence-corrected chi connectivity index (χ0v) is 21.5. The minimum atomic E-state index is -1.08. The Labute approximate surface area is 221 Å². The molecule has 37 heavy (non-hydrogen) atoms. The van der Waals surface area contributed by atoms with Crippen molar-refractivity contribution in [1.29, 1.82) is 0 Å². The monoisotopic (exact) mass is 523 g/mol. The summed E-state index contributed by atoms with van der Waals surface area (Å²) in [5, 5.41) is 12.9. The number of nitrogens with one attached hydrogen (secondary N) is 1. The molecule has 0 spiro atoms. The van der Waals surface area contributed by atoms with Crippen LogP contribution in [0.3, 0.4) is 0 Å². The Morgan fingerprint density at radius 1 is 1.03 bits per heavy atom. The summed E-state index contributed by atoms with van der Waals surface area (Å²) in [6, 6.07) is 22.5. The van der Waals surface area contributed by atoms with Gasteiger partial charge in [-0.2, -0.15) is 0 Å². The van der Waals surface area contributed by atoms with E-state index in [9.17, 15) is 14.7 Å². The van der Waals surface area contributed by atoms with Crippen molar-refractivity contribution in [2.45, 2.75) is 51.0 Å². The molecule has 0 aromatic heterocycles. The highest BCUT2D eigenvalue weighted by Crippen LogP contribution is 2.46. The summed E-state index contributed by atoms with van der Waals surface area (Å²) in [6.45, 7) is 3.36. The molecule has 1 fully saturated rings. The Bertz CT molecular complexity index is 1230. The zero-order valence-electron chi connectivity index (χ0n) is 20.8. The summed E-state index contributed by atoms with van der Waals surface area (Å²) in [5.41, 5.74) is 2.02. The molecule has 2 N–H and O–H groups in total. The number of carboxylic acid groups (broad SMARTS) is 1. The Morgan fingerprint density at radius 2 is 1.73 bits per heavy atom. The predicted octanol–water partition coefficient (Wildman–Crippen LogP) is 5.87. The van der Waals surface area contributed by atoms with Gasteiger partial charge >= 0.3 is 5.97 Å². The maximum absolute atomic E-state index is 12.1. The van der Waals surface area contributed by atoms with Crippen LogP contribution in [0.25, 0.3) is 0 Å². The highest BCUT2D eigenvalue weighted by Gasteiger charge is 2.41. The van der Waals surface area contributed by atoms with Gasteiger partial charge in [0.15, 0.2) is 6.61 Å². The van der Waals surface area contributed by atoms with E-state index in [0.717, 1.165) is 11.1 Å². The molecule has 0 unspecified atom stereocenters. The Balaban J connectivity index is 1.67. The molecule has 0 radical (unpaired) electrons. The second kappa shape index (κ2) is 11.7. The maximum Gasteiger partial charge on any atom is 0.341 e. The number of halogens is 1. The van der Waals surface area contributed by atoms with Gasteiger partial charge in [0.25, 0.3) is 0 Å².